The van der Waals surface area contributed by atoms with Crippen molar-refractivity contribution in [2.75, 3.05) is 13.1 Å². The molecule has 0 bridgehead atoms. The zero-order valence-electron chi connectivity index (χ0n) is 21.7. The first-order chi connectivity index (χ1) is 18.5. The number of piperidine rings is 1. The van der Waals surface area contributed by atoms with Crippen molar-refractivity contribution in [2.24, 2.45) is 11.8 Å². The molecular weight excluding hydrogens is 497 g/mol. The molecule has 4 heterocycles. The summed E-state index contributed by atoms with van der Waals surface area (Å²) < 4.78 is 21.7. The van der Waals surface area contributed by atoms with Gasteiger partial charge in [0.2, 0.25) is 0 Å². The Bertz CT molecular complexity index is 1440. The fraction of sp³-hybridized carbons (Fsp3) is 0.387. The Labute approximate surface area is 226 Å². The Morgan fingerprint density at radius 1 is 1.03 bits per heavy atom. The fourth-order valence-electron chi connectivity index (χ4n) is 5.06. The molecule has 1 aromatic carbocycles. The molecule has 1 saturated heterocycles. The highest BCUT2D eigenvalue weighted by Gasteiger charge is 2.24. The van der Waals surface area contributed by atoms with E-state index in [9.17, 15) is 9.18 Å². The molecule has 0 radical (unpaired) electrons. The van der Waals surface area contributed by atoms with Gasteiger partial charge >= 0.3 is 0 Å². The molecule has 1 aliphatic heterocycles. The lowest BCUT2D eigenvalue weighted by atomic mass is 9.99. The highest BCUT2D eigenvalue weighted by atomic mass is 32.1. The second kappa shape index (κ2) is 10.9. The van der Waals surface area contributed by atoms with Crippen molar-refractivity contribution in [3.8, 4) is 22.1 Å². The topological polar surface area (TPSA) is 55.3 Å². The van der Waals surface area contributed by atoms with Crippen molar-refractivity contribution in [3.05, 3.63) is 71.8 Å². The van der Waals surface area contributed by atoms with Gasteiger partial charge < -0.3 is 4.74 Å². The van der Waals surface area contributed by atoms with E-state index in [0.717, 1.165) is 59.2 Å². The van der Waals surface area contributed by atoms with Crippen LogP contribution in [0.4, 0.5) is 4.39 Å². The van der Waals surface area contributed by atoms with Gasteiger partial charge in [-0.05, 0) is 86.0 Å². The molecule has 1 saturated carbocycles. The van der Waals surface area contributed by atoms with Gasteiger partial charge in [0.05, 0.1) is 20.8 Å². The summed E-state index contributed by atoms with van der Waals surface area (Å²) >= 11 is 1.54. The van der Waals surface area contributed by atoms with Gasteiger partial charge in [-0.3, -0.25) is 19.7 Å². The number of carbonyl (C=O) groups excluding carboxylic acids is 1. The minimum absolute atomic E-state index is 0.139. The lowest BCUT2D eigenvalue weighted by Gasteiger charge is -2.30. The number of ketones is 1. The summed E-state index contributed by atoms with van der Waals surface area (Å²) in [6.45, 7) is 5.56. The summed E-state index contributed by atoms with van der Waals surface area (Å²) in [5.74, 6) is 1.76. The molecule has 0 atom stereocenters. The summed E-state index contributed by atoms with van der Waals surface area (Å²) in [6, 6.07) is 12.8. The number of pyridine rings is 2. The minimum atomic E-state index is -0.469. The van der Waals surface area contributed by atoms with Gasteiger partial charge in [-0.2, -0.15) is 0 Å². The van der Waals surface area contributed by atoms with Crippen LogP contribution in [0.25, 0.3) is 20.8 Å². The van der Waals surface area contributed by atoms with Crippen molar-refractivity contribution >= 4 is 27.3 Å². The average molecular weight is 530 g/mol. The van der Waals surface area contributed by atoms with Gasteiger partial charge in [0.25, 0.3) is 0 Å². The second-order valence-electron chi connectivity index (χ2n) is 10.9. The first-order valence-electron chi connectivity index (χ1n) is 13.5. The van der Waals surface area contributed by atoms with Gasteiger partial charge in [0, 0.05) is 37.8 Å². The summed E-state index contributed by atoms with van der Waals surface area (Å²) in [5.41, 5.74) is 3.59. The van der Waals surface area contributed by atoms with Gasteiger partial charge in [-0.25, -0.2) is 4.39 Å². The average Bonchev–Trinajstić information content (AvgIpc) is 3.61. The third kappa shape index (κ3) is 5.94. The van der Waals surface area contributed by atoms with Gasteiger partial charge in [0.1, 0.15) is 11.5 Å². The maximum Gasteiger partial charge on any atom is 0.166 e. The van der Waals surface area contributed by atoms with Crippen LogP contribution in [0, 0.1) is 17.7 Å². The van der Waals surface area contributed by atoms with E-state index in [2.05, 4.69) is 28.9 Å². The predicted molar refractivity (Wildman–Crippen MR) is 149 cm³/mol. The number of thiophene rings is 1. The number of carbonyl (C=O) groups is 1. The van der Waals surface area contributed by atoms with E-state index < -0.39 is 5.82 Å². The molecular formula is C31H32FN3O2S. The van der Waals surface area contributed by atoms with Crippen LogP contribution in [0.5, 0.6) is 11.5 Å². The van der Waals surface area contributed by atoms with E-state index in [1.807, 2.05) is 12.3 Å². The lowest BCUT2D eigenvalue weighted by Crippen LogP contribution is -2.32. The SMILES string of the molecule is CC1CCN(Cc2ccc(-c3cc4nccc(Oc5ccc(CC(=O)CC6CC6)cc5F)c4s3)nc2)CC1. The molecule has 0 amide bonds. The normalized spacial score (nSPS) is 16.7. The molecule has 2 aliphatic rings. The smallest absolute Gasteiger partial charge is 0.166 e. The standard InChI is InChI=1S/C31H32FN3O2S/c1-20-9-12-35(13-10-20)19-23-4-6-26(34-18-23)30-17-27-31(38-30)29(8-11-33-27)37-28-7-5-22(16-25(28)32)15-24(36)14-21-2-3-21/h4-8,11,16-18,20-21H,2-3,9-10,12-15,19H2,1H3. The molecule has 196 valence electrons. The van der Waals surface area contributed by atoms with E-state index in [-0.39, 0.29) is 18.0 Å². The minimum Gasteiger partial charge on any atom is -0.453 e. The van der Waals surface area contributed by atoms with Crippen molar-refractivity contribution in [1.82, 2.24) is 14.9 Å². The molecule has 0 unspecified atom stereocenters. The highest BCUT2D eigenvalue weighted by Crippen LogP contribution is 2.39. The van der Waals surface area contributed by atoms with Crippen molar-refractivity contribution in [2.45, 2.75) is 52.0 Å². The van der Waals surface area contributed by atoms with Gasteiger partial charge in [-0.15, -0.1) is 11.3 Å². The quantitative estimate of drug-likeness (QED) is 0.226. The first kappa shape index (κ1) is 25.1. The van der Waals surface area contributed by atoms with Crippen LogP contribution in [0.15, 0.2) is 54.9 Å². The number of ether oxygens (including phenoxy) is 1. The largest absolute Gasteiger partial charge is 0.453 e. The van der Waals surface area contributed by atoms with Crippen LogP contribution in [0.1, 0.15) is 50.2 Å². The Morgan fingerprint density at radius 2 is 1.84 bits per heavy atom. The maximum atomic E-state index is 14.9. The lowest BCUT2D eigenvalue weighted by molar-refractivity contribution is -0.118. The van der Waals surface area contributed by atoms with Crippen molar-refractivity contribution < 1.29 is 13.9 Å². The molecule has 38 heavy (non-hydrogen) atoms. The number of hydrogen-bond acceptors (Lipinski definition) is 6. The summed E-state index contributed by atoms with van der Waals surface area (Å²) in [7, 11) is 0. The predicted octanol–water partition coefficient (Wildman–Crippen LogP) is 7.43. The number of benzene rings is 1. The van der Waals surface area contributed by atoms with Crippen LogP contribution >= 0.6 is 11.3 Å². The van der Waals surface area contributed by atoms with Crippen molar-refractivity contribution in [1.29, 1.82) is 0 Å². The molecule has 1 aliphatic carbocycles. The molecule has 0 spiro atoms. The number of nitrogens with zero attached hydrogens (tertiary/aromatic N) is 3. The summed E-state index contributed by atoms with van der Waals surface area (Å²) in [4.78, 5) is 24.9. The molecule has 3 aromatic heterocycles. The van der Waals surface area contributed by atoms with Gasteiger partial charge in [-0.1, -0.05) is 19.1 Å². The van der Waals surface area contributed by atoms with E-state index in [0.29, 0.717) is 23.7 Å². The van der Waals surface area contributed by atoms with E-state index in [4.69, 9.17) is 9.72 Å². The Kier molecular flexibility index (Phi) is 7.22. The second-order valence-corrected chi connectivity index (χ2v) is 11.9. The number of likely N-dealkylation sites (tertiary alicyclic amines) is 1. The molecule has 5 nitrogen and oxygen atoms in total. The number of halogens is 1. The number of rotatable bonds is 9. The molecule has 4 aromatic rings. The van der Waals surface area contributed by atoms with Crippen LogP contribution in [0.2, 0.25) is 0 Å². The van der Waals surface area contributed by atoms with Crippen LogP contribution in [-0.2, 0) is 17.8 Å². The first-order valence-corrected chi connectivity index (χ1v) is 14.4. The van der Waals surface area contributed by atoms with Crippen LogP contribution in [-0.4, -0.2) is 33.7 Å². The Morgan fingerprint density at radius 3 is 2.58 bits per heavy atom. The van der Waals surface area contributed by atoms with E-state index >= 15 is 0 Å². The Balaban J connectivity index is 1.15. The molecule has 0 N–H and O–H groups in total. The number of fused-ring (bicyclic) bond motifs is 1. The van der Waals surface area contributed by atoms with Gasteiger partial charge in [0.15, 0.2) is 11.6 Å². The molecule has 6 rings (SSSR count). The number of hydrogen-bond donors (Lipinski definition) is 0. The summed E-state index contributed by atoms with van der Waals surface area (Å²) in [5, 5.41) is 0. The van der Waals surface area contributed by atoms with Crippen LogP contribution in [0.3, 0.4) is 0 Å². The molecule has 2 fully saturated rings. The fourth-order valence-corrected chi connectivity index (χ4v) is 6.11. The van der Waals surface area contributed by atoms with E-state index in [1.165, 1.54) is 35.8 Å². The zero-order chi connectivity index (χ0) is 26.1. The van der Waals surface area contributed by atoms with Crippen LogP contribution < -0.4 is 4.74 Å². The monoisotopic (exact) mass is 529 g/mol. The third-order valence-electron chi connectivity index (χ3n) is 7.57. The summed E-state index contributed by atoms with van der Waals surface area (Å²) in [6.07, 6.45) is 9.31. The maximum absolute atomic E-state index is 14.9. The third-order valence-corrected chi connectivity index (χ3v) is 8.73. The number of Topliss-reactive ketones (excluding diaryl/α,β-unsaturated/α-hetero) is 1. The van der Waals surface area contributed by atoms with E-state index in [1.54, 1.807) is 24.4 Å². The molecule has 7 heteroatoms. The Hall–Kier alpha value is -3.16. The number of aromatic nitrogens is 2. The highest BCUT2D eigenvalue weighted by molar-refractivity contribution is 7.22. The zero-order valence-corrected chi connectivity index (χ0v) is 22.5. The van der Waals surface area contributed by atoms with Crippen molar-refractivity contribution in [3.63, 3.8) is 0 Å².